The number of nitrogens with one attached hydrogen (secondary N) is 1. The maximum Gasteiger partial charge on any atom is 0.261 e. The van der Waals surface area contributed by atoms with Crippen LogP contribution in [-0.2, 0) is 19.4 Å². The van der Waals surface area contributed by atoms with E-state index < -0.39 is 0 Å². The van der Waals surface area contributed by atoms with Crippen LogP contribution in [-0.4, -0.2) is 22.0 Å². The van der Waals surface area contributed by atoms with Crippen molar-refractivity contribution in [2.24, 2.45) is 5.92 Å². The Balaban J connectivity index is 1.57. The zero-order chi connectivity index (χ0) is 13.9. The SMILES string of the molecule is C[C@@H]1CCc2sc(C(=O)NCCn3ccnc3)cc2C1. The maximum absolute atomic E-state index is 12.1. The second-order valence-corrected chi connectivity index (χ2v) is 6.60. The lowest BCUT2D eigenvalue weighted by molar-refractivity contribution is 0.0956. The fourth-order valence-electron chi connectivity index (χ4n) is 2.62. The number of thiophene rings is 1. The van der Waals surface area contributed by atoms with E-state index in [1.807, 2.05) is 10.8 Å². The van der Waals surface area contributed by atoms with Crippen molar-refractivity contribution in [2.45, 2.75) is 32.7 Å². The van der Waals surface area contributed by atoms with Crippen molar-refractivity contribution in [2.75, 3.05) is 6.54 Å². The Morgan fingerprint density at radius 1 is 1.60 bits per heavy atom. The zero-order valence-electron chi connectivity index (χ0n) is 11.6. The van der Waals surface area contributed by atoms with E-state index >= 15 is 0 Å². The lowest BCUT2D eigenvalue weighted by atomic mass is 9.90. The van der Waals surface area contributed by atoms with E-state index in [1.54, 1.807) is 23.9 Å². The zero-order valence-corrected chi connectivity index (χ0v) is 12.4. The van der Waals surface area contributed by atoms with Crippen LogP contribution in [0.4, 0.5) is 0 Å². The highest BCUT2D eigenvalue weighted by atomic mass is 32.1. The Hall–Kier alpha value is -1.62. The number of fused-ring (bicyclic) bond motifs is 1. The molecule has 0 saturated heterocycles. The highest BCUT2D eigenvalue weighted by Crippen LogP contribution is 2.32. The lowest BCUT2D eigenvalue weighted by Gasteiger charge is -2.16. The first-order valence-corrected chi connectivity index (χ1v) is 7.89. The molecule has 0 fully saturated rings. The van der Waals surface area contributed by atoms with Gasteiger partial charge in [-0.2, -0.15) is 0 Å². The van der Waals surface area contributed by atoms with Gasteiger partial charge >= 0.3 is 0 Å². The molecule has 0 radical (unpaired) electrons. The summed E-state index contributed by atoms with van der Waals surface area (Å²) in [6.07, 6.45) is 8.90. The van der Waals surface area contributed by atoms with Crippen molar-refractivity contribution >= 4 is 17.2 Å². The number of amides is 1. The fraction of sp³-hybridized carbons (Fsp3) is 0.467. The number of aryl methyl sites for hydroxylation is 1. The van der Waals surface area contributed by atoms with Gasteiger partial charge in [0.1, 0.15) is 0 Å². The van der Waals surface area contributed by atoms with Gasteiger partial charge in [-0.1, -0.05) is 6.92 Å². The molecule has 2 heterocycles. The topological polar surface area (TPSA) is 46.9 Å². The smallest absolute Gasteiger partial charge is 0.261 e. The molecule has 1 N–H and O–H groups in total. The Morgan fingerprint density at radius 3 is 3.30 bits per heavy atom. The molecule has 0 bridgehead atoms. The maximum atomic E-state index is 12.1. The van der Waals surface area contributed by atoms with Crippen LogP contribution in [0, 0.1) is 5.92 Å². The minimum Gasteiger partial charge on any atom is -0.350 e. The molecule has 0 unspecified atom stereocenters. The van der Waals surface area contributed by atoms with Crippen molar-refractivity contribution in [1.29, 1.82) is 0 Å². The van der Waals surface area contributed by atoms with E-state index in [1.165, 1.54) is 16.9 Å². The minimum atomic E-state index is 0.0529. The van der Waals surface area contributed by atoms with Gasteiger partial charge in [0, 0.05) is 30.4 Å². The van der Waals surface area contributed by atoms with Gasteiger partial charge in [0.15, 0.2) is 0 Å². The van der Waals surface area contributed by atoms with E-state index in [9.17, 15) is 4.79 Å². The molecule has 3 rings (SSSR count). The number of hydrogen-bond donors (Lipinski definition) is 1. The molecule has 0 aromatic carbocycles. The Morgan fingerprint density at radius 2 is 2.50 bits per heavy atom. The summed E-state index contributed by atoms with van der Waals surface area (Å²) < 4.78 is 1.96. The van der Waals surface area contributed by atoms with Gasteiger partial charge in [-0.3, -0.25) is 4.79 Å². The Bertz CT molecular complexity index is 588. The number of carbonyl (C=O) groups is 1. The molecule has 2 aromatic rings. The first-order chi connectivity index (χ1) is 9.72. The summed E-state index contributed by atoms with van der Waals surface area (Å²) in [5, 5.41) is 2.98. The molecule has 20 heavy (non-hydrogen) atoms. The largest absolute Gasteiger partial charge is 0.350 e. The molecule has 0 spiro atoms. The average molecular weight is 289 g/mol. The summed E-state index contributed by atoms with van der Waals surface area (Å²) >= 11 is 1.66. The number of rotatable bonds is 4. The van der Waals surface area contributed by atoms with Crippen LogP contribution >= 0.6 is 11.3 Å². The second-order valence-electron chi connectivity index (χ2n) is 5.46. The van der Waals surface area contributed by atoms with Gasteiger partial charge < -0.3 is 9.88 Å². The number of nitrogens with zero attached hydrogens (tertiary/aromatic N) is 2. The molecule has 1 amide bonds. The molecule has 5 heteroatoms. The second kappa shape index (κ2) is 5.79. The molecular weight excluding hydrogens is 270 g/mol. The molecule has 0 saturated carbocycles. The van der Waals surface area contributed by atoms with Gasteiger partial charge in [0.2, 0.25) is 0 Å². The summed E-state index contributed by atoms with van der Waals surface area (Å²) in [5.74, 6) is 0.798. The van der Waals surface area contributed by atoms with Gasteiger partial charge in [-0.15, -0.1) is 11.3 Å². The number of imidazole rings is 1. The van der Waals surface area contributed by atoms with Gasteiger partial charge in [0.05, 0.1) is 11.2 Å². The molecule has 1 aliphatic carbocycles. The van der Waals surface area contributed by atoms with E-state index in [4.69, 9.17) is 0 Å². The van der Waals surface area contributed by atoms with Crippen molar-refractivity contribution in [1.82, 2.24) is 14.9 Å². The molecular formula is C15H19N3OS. The van der Waals surface area contributed by atoms with Crippen LogP contribution < -0.4 is 5.32 Å². The highest BCUT2D eigenvalue weighted by Gasteiger charge is 2.20. The molecule has 2 aromatic heterocycles. The summed E-state index contributed by atoms with van der Waals surface area (Å²) in [4.78, 5) is 18.4. The number of hydrogen-bond acceptors (Lipinski definition) is 3. The monoisotopic (exact) mass is 289 g/mol. The third-order valence-electron chi connectivity index (χ3n) is 3.77. The Labute approximate surface area is 122 Å². The van der Waals surface area contributed by atoms with Crippen LogP contribution in [0.2, 0.25) is 0 Å². The van der Waals surface area contributed by atoms with Crippen LogP contribution in [0.25, 0.3) is 0 Å². The number of carbonyl (C=O) groups excluding carboxylic acids is 1. The average Bonchev–Trinajstić information content (AvgIpc) is 3.06. The lowest BCUT2D eigenvalue weighted by Crippen LogP contribution is -2.26. The van der Waals surface area contributed by atoms with Crippen LogP contribution in [0.3, 0.4) is 0 Å². The molecule has 4 nitrogen and oxygen atoms in total. The van der Waals surface area contributed by atoms with Crippen LogP contribution in [0.15, 0.2) is 24.8 Å². The quantitative estimate of drug-likeness (QED) is 0.940. The highest BCUT2D eigenvalue weighted by molar-refractivity contribution is 7.14. The van der Waals surface area contributed by atoms with Crippen molar-refractivity contribution in [3.05, 3.63) is 40.1 Å². The van der Waals surface area contributed by atoms with Crippen molar-refractivity contribution in [3.63, 3.8) is 0 Å². The van der Waals surface area contributed by atoms with E-state index in [0.29, 0.717) is 6.54 Å². The molecule has 1 aliphatic rings. The minimum absolute atomic E-state index is 0.0529. The predicted octanol–water partition coefficient (Wildman–Crippen LogP) is 2.50. The number of aromatic nitrogens is 2. The van der Waals surface area contributed by atoms with E-state index in [2.05, 4.69) is 23.3 Å². The summed E-state index contributed by atoms with van der Waals surface area (Å²) in [6.45, 7) is 3.67. The first-order valence-electron chi connectivity index (χ1n) is 7.08. The molecule has 0 aliphatic heterocycles. The third kappa shape index (κ3) is 2.93. The summed E-state index contributed by atoms with van der Waals surface area (Å²) in [6, 6.07) is 2.09. The van der Waals surface area contributed by atoms with Gasteiger partial charge in [0.25, 0.3) is 5.91 Å². The fourth-order valence-corrected chi connectivity index (χ4v) is 3.75. The van der Waals surface area contributed by atoms with Crippen molar-refractivity contribution < 1.29 is 4.79 Å². The summed E-state index contributed by atoms with van der Waals surface area (Å²) in [5.41, 5.74) is 1.38. The normalized spacial score (nSPS) is 17.8. The van der Waals surface area contributed by atoms with Crippen molar-refractivity contribution in [3.8, 4) is 0 Å². The third-order valence-corrected chi connectivity index (χ3v) is 5.00. The van der Waals surface area contributed by atoms with Gasteiger partial charge in [-0.25, -0.2) is 4.98 Å². The van der Waals surface area contributed by atoms with Gasteiger partial charge in [-0.05, 0) is 36.8 Å². The standard InChI is InChI=1S/C15H19N3OS/c1-11-2-3-13-12(8-11)9-14(20-13)15(19)17-5-7-18-6-4-16-10-18/h4,6,9-11H,2-3,5,7-8H2,1H3,(H,17,19)/t11-/m1/s1. The van der Waals surface area contributed by atoms with E-state index in [0.717, 1.165) is 30.2 Å². The van der Waals surface area contributed by atoms with Crippen LogP contribution in [0.1, 0.15) is 33.5 Å². The predicted molar refractivity (Wildman–Crippen MR) is 80.1 cm³/mol. The van der Waals surface area contributed by atoms with E-state index in [-0.39, 0.29) is 5.91 Å². The van der Waals surface area contributed by atoms with Crippen LogP contribution in [0.5, 0.6) is 0 Å². The molecule has 106 valence electrons. The summed E-state index contributed by atoms with van der Waals surface area (Å²) in [7, 11) is 0. The first kappa shape index (κ1) is 13.4. The molecule has 1 atom stereocenters. The Kier molecular flexibility index (Phi) is 3.87.